The van der Waals surface area contributed by atoms with Gasteiger partial charge in [-0.3, -0.25) is 5.43 Å². The van der Waals surface area contributed by atoms with Gasteiger partial charge in [0.1, 0.15) is 10.6 Å². The van der Waals surface area contributed by atoms with Gasteiger partial charge in [-0.2, -0.15) is 13.5 Å². The van der Waals surface area contributed by atoms with E-state index in [1.807, 2.05) is 0 Å². The number of hydrogen-bond acceptors (Lipinski definition) is 5. The van der Waals surface area contributed by atoms with Crippen molar-refractivity contribution in [3.8, 4) is 5.75 Å². The second-order valence-electron chi connectivity index (χ2n) is 4.34. The number of fused-ring (bicyclic) bond motifs is 1. The van der Waals surface area contributed by atoms with E-state index in [9.17, 15) is 13.5 Å². The Balaban J connectivity index is 1.86. The van der Waals surface area contributed by atoms with Crippen molar-refractivity contribution in [3.05, 3.63) is 59.7 Å². The average Bonchev–Trinajstić information content (AvgIpc) is 2.73. The summed E-state index contributed by atoms with van der Waals surface area (Å²) in [5.74, 6) is 0.252. The van der Waals surface area contributed by atoms with Crippen LogP contribution in [0.1, 0.15) is 11.1 Å². The summed E-state index contributed by atoms with van der Waals surface area (Å²) in [7, 11) is -3.66. The summed E-state index contributed by atoms with van der Waals surface area (Å²) in [5.41, 5.74) is 3.59. The van der Waals surface area contributed by atoms with Crippen LogP contribution in [0.15, 0.2) is 62.9 Å². The summed E-state index contributed by atoms with van der Waals surface area (Å²) in [6.07, 6.45) is 1.39. The number of sulfonamides is 1. The molecule has 0 unspecified atom stereocenters. The van der Waals surface area contributed by atoms with Crippen molar-refractivity contribution in [1.82, 2.24) is 5.43 Å². The van der Waals surface area contributed by atoms with E-state index in [0.717, 1.165) is 0 Å². The Morgan fingerprint density at radius 3 is 2.62 bits per heavy atom. The summed E-state index contributed by atoms with van der Waals surface area (Å²) in [5, 5.41) is 13.5. The predicted octanol–water partition coefficient (Wildman–Crippen LogP) is 1.46. The number of nitrogens with zero attached hydrogens (tertiary/aromatic N) is 2. The quantitative estimate of drug-likeness (QED) is 0.649. The first kappa shape index (κ1) is 13.3. The molecular weight excluding hydrogens is 290 g/mol. The summed E-state index contributed by atoms with van der Waals surface area (Å²) in [6.45, 7) is 0. The molecule has 2 aromatic rings. The molecule has 3 rings (SSSR count). The molecule has 0 atom stereocenters. The van der Waals surface area contributed by atoms with Gasteiger partial charge in [-0.25, -0.2) is 0 Å². The molecule has 0 amide bonds. The number of hydrogen-bond donors (Lipinski definition) is 2. The molecule has 2 aromatic carbocycles. The summed E-state index contributed by atoms with van der Waals surface area (Å²) >= 11 is 0. The van der Waals surface area contributed by atoms with Gasteiger partial charge in [0.2, 0.25) is 0 Å². The normalized spacial score (nSPS) is 15.7. The fourth-order valence-electron chi connectivity index (χ4n) is 1.95. The lowest BCUT2D eigenvalue weighted by Gasteiger charge is -2.01. The fourth-order valence-corrected chi connectivity index (χ4v) is 3.12. The van der Waals surface area contributed by atoms with E-state index in [0.29, 0.717) is 11.1 Å². The van der Waals surface area contributed by atoms with Gasteiger partial charge in [-0.15, -0.1) is 4.40 Å². The minimum absolute atomic E-state index is 0.0874. The second-order valence-corrected chi connectivity index (χ2v) is 5.91. The van der Waals surface area contributed by atoms with Crippen LogP contribution in [0.5, 0.6) is 5.75 Å². The van der Waals surface area contributed by atoms with Gasteiger partial charge in [0.15, 0.2) is 5.84 Å². The highest BCUT2D eigenvalue weighted by atomic mass is 32.2. The molecular formula is C14H11N3O3S. The van der Waals surface area contributed by atoms with Crippen molar-refractivity contribution in [2.24, 2.45) is 9.50 Å². The van der Waals surface area contributed by atoms with Crippen LogP contribution in [-0.4, -0.2) is 25.6 Å². The zero-order valence-corrected chi connectivity index (χ0v) is 11.6. The van der Waals surface area contributed by atoms with E-state index in [1.54, 1.807) is 36.4 Å². The Hall–Kier alpha value is -2.67. The molecule has 2 N–H and O–H groups in total. The maximum absolute atomic E-state index is 11.8. The third kappa shape index (κ3) is 2.50. The predicted molar refractivity (Wildman–Crippen MR) is 79.0 cm³/mol. The summed E-state index contributed by atoms with van der Waals surface area (Å²) in [4.78, 5) is 0.158. The maximum Gasteiger partial charge on any atom is 0.285 e. The van der Waals surface area contributed by atoms with E-state index in [1.165, 1.54) is 18.3 Å². The van der Waals surface area contributed by atoms with Crippen LogP contribution >= 0.6 is 0 Å². The van der Waals surface area contributed by atoms with Gasteiger partial charge in [-0.1, -0.05) is 24.3 Å². The van der Waals surface area contributed by atoms with E-state index in [4.69, 9.17) is 0 Å². The number of benzene rings is 2. The lowest BCUT2D eigenvalue weighted by Crippen LogP contribution is -2.17. The Labute approximate surface area is 121 Å². The summed E-state index contributed by atoms with van der Waals surface area (Å²) < 4.78 is 27.3. The minimum atomic E-state index is -3.66. The molecule has 1 heterocycles. The molecule has 0 aromatic heterocycles. The topological polar surface area (TPSA) is 91.1 Å². The standard InChI is InChI=1S/C14H11N3O3S/c18-12-7-3-1-5-10(12)9-15-16-14-11-6-2-4-8-13(11)21(19,20)17-14/h1-9,18H,(H,16,17). The monoisotopic (exact) mass is 301 g/mol. The van der Waals surface area contributed by atoms with Crippen molar-refractivity contribution in [2.75, 3.05) is 0 Å². The Morgan fingerprint density at radius 1 is 1.10 bits per heavy atom. The molecule has 0 aliphatic carbocycles. The lowest BCUT2D eigenvalue weighted by atomic mass is 10.2. The average molecular weight is 301 g/mol. The van der Waals surface area contributed by atoms with Crippen LogP contribution in [0.3, 0.4) is 0 Å². The molecule has 7 heteroatoms. The molecule has 1 aliphatic heterocycles. The number of rotatable bonds is 2. The molecule has 6 nitrogen and oxygen atoms in total. The van der Waals surface area contributed by atoms with Gasteiger partial charge in [0.05, 0.1) is 6.21 Å². The fraction of sp³-hybridized carbons (Fsp3) is 0. The lowest BCUT2D eigenvalue weighted by molar-refractivity contribution is 0.474. The Morgan fingerprint density at radius 2 is 1.81 bits per heavy atom. The molecule has 0 fully saturated rings. The van der Waals surface area contributed by atoms with Crippen molar-refractivity contribution < 1.29 is 13.5 Å². The summed E-state index contributed by atoms with van der Waals surface area (Å²) in [6, 6.07) is 13.2. The zero-order valence-electron chi connectivity index (χ0n) is 10.8. The van der Waals surface area contributed by atoms with Gasteiger partial charge in [0, 0.05) is 11.1 Å². The smallest absolute Gasteiger partial charge is 0.285 e. The SMILES string of the molecule is O=S1(=O)N=C(NN=Cc2ccccc2O)c2ccccc21. The molecule has 0 radical (unpaired) electrons. The number of phenolic OH excluding ortho intramolecular Hbond substituents is 1. The zero-order chi connectivity index (χ0) is 14.9. The first-order valence-corrected chi connectivity index (χ1v) is 7.53. The van der Waals surface area contributed by atoms with Gasteiger partial charge in [-0.05, 0) is 24.3 Å². The number of phenols is 1. The molecule has 106 valence electrons. The number of hydrazone groups is 1. The van der Waals surface area contributed by atoms with Crippen molar-refractivity contribution in [2.45, 2.75) is 4.90 Å². The van der Waals surface area contributed by atoms with Gasteiger partial charge < -0.3 is 5.11 Å². The van der Waals surface area contributed by atoms with E-state index in [-0.39, 0.29) is 16.5 Å². The van der Waals surface area contributed by atoms with Crippen molar-refractivity contribution in [3.63, 3.8) is 0 Å². The Kier molecular flexibility index (Phi) is 3.19. The highest BCUT2D eigenvalue weighted by Crippen LogP contribution is 2.24. The van der Waals surface area contributed by atoms with Crippen LogP contribution in [0, 0.1) is 0 Å². The highest BCUT2D eigenvalue weighted by molar-refractivity contribution is 7.90. The van der Waals surface area contributed by atoms with E-state index in [2.05, 4.69) is 14.9 Å². The van der Waals surface area contributed by atoms with Crippen LogP contribution < -0.4 is 5.43 Å². The first-order valence-electron chi connectivity index (χ1n) is 6.09. The highest BCUT2D eigenvalue weighted by Gasteiger charge is 2.28. The molecule has 0 saturated carbocycles. The first-order chi connectivity index (χ1) is 10.1. The molecule has 1 aliphatic rings. The van der Waals surface area contributed by atoms with E-state index >= 15 is 0 Å². The number of amidine groups is 1. The maximum atomic E-state index is 11.8. The molecule has 0 bridgehead atoms. The number of para-hydroxylation sites is 1. The largest absolute Gasteiger partial charge is 0.507 e. The van der Waals surface area contributed by atoms with E-state index < -0.39 is 10.0 Å². The molecule has 0 spiro atoms. The third-order valence-corrected chi connectivity index (χ3v) is 4.28. The van der Waals surface area contributed by atoms with Crippen LogP contribution in [0.25, 0.3) is 0 Å². The van der Waals surface area contributed by atoms with Crippen molar-refractivity contribution >= 4 is 22.1 Å². The van der Waals surface area contributed by atoms with Gasteiger partial charge >= 0.3 is 0 Å². The van der Waals surface area contributed by atoms with Gasteiger partial charge in [0.25, 0.3) is 10.0 Å². The minimum Gasteiger partial charge on any atom is -0.507 e. The van der Waals surface area contributed by atoms with Crippen molar-refractivity contribution in [1.29, 1.82) is 0 Å². The number of nitrogens with one attached hydrogen (secondary N) is 1. The third-order valence-electron chi connectivity index (χ3n) is 2.94. The second kappa shape index (κ2) is 5.02. The van der Waals surface area contributed by atoms with Crippen LogP contribution in [0.4, 0.5) is 0 Å². The molecule has 21 heavy (non-hydrogen) atoms. The number of aromatic hydroxyl groups is 1. The van der Waals surface area contributed by atoms with Crippen LogP contribution in [0.2, 0.25) is 0 Å². The van der Waals surface area contributed by atoms with Crippen LogP contribution in [-0.2, 0) is 10.0 Å². The molecule has 0 saturated heterocycles. The Bertz CT molecular complexity index is 857.